The summed E-state index contributed by atoms with van der Waals surface area (Å²) in [7, 11) is 1.57. The summed E-state index contributed by atoms with van der Waals surface area (Å²) >= 11 is 0. The van der Waals surface area contributed by atoms with E-state index in [0.717, 1.165) is 5.69 Å². The third-order valence-electron chi connectivity index (χ3n) is 4.40. The lowest BCUT2D eigenvalue weighted by Crippen LogP contribution is -2.42. The Balaban J connectivity index is 2.02. The van der Waals surface area contributed by atoms with Gasteiger partial charge in [0.1, 0.15) is 0 Å². The predicted molar refractivity (Wildman–Crippen MR) is 88.0 cm³/mol. The van der Waals surface area contributed by atoms with Crippen molar-refractivity contribution >= 4 is 17.7 Å². The lowest BCUT2D eigenvalue weighted by molar-refractivity contribution is -0.133. The van der Waals surface area contributed by atoms with Crippen molar-refractivity contribution in [1.82, 2.24) is 24.9 Å². The monoisotopic (exact) mass is 335 g/mol. The standard InChI is InChI=1S/C16H25N5O3/c1-12-4-6-18-21(12)7-5-15(23)20-9-8-19(13(2)22)10-14(11-20)16(24)17-3/h4,6,14H,5,7-11H2,1-3H3,(H,17,24). The van der Waals surface area contributed by atoms with Crippen LogP contribution in [0.3, 0.4) is 0 Å². The molecule has 3 amide bonds. The predicted octanol–water partition coefficient (Wildman–Crippen LogP) is -0.365. The quantitative estimate of drug-likeness (QED) is 0.814. The van der Waals surface area contributed by atoms with Crippen LogP contribution in [0.4, 0.5) is 0 Å². The Bertz CT molecular complexity index is 613. The molecule has 1 saturated heterocycles. The van der Waals surface area contributed by atoms with Crippen molar-refractivity contribution in [2.75, 3.05) is 33.2 Å². The molecular weight excluding hydrogens is 310 g/mol. The molecule has 1 N–H and O–H groups in total. The highest BCUT2D eigenvalue weighted by molar-refractivity contribution is 5.82. The van der Waals surface area contributed by atoms with Crippen molar-refractivity contribution in [2.24, 2.45) is 5.92 Å². The molecule has 1 aromatic heterocycles. The zero-order chi connectivity index (χ0) is 17.7. The fourth-order valence-electron chi connectivity index (χ4n) is 2.89. The zero-order valence-electron chi connectivity index (χ0n) is 14.5. The number of nitrogens with zero attached hydrogens (tertiary/aromatic N) is 4. The van der Waals surface area contributed by atoms with E-state index < -0.39 is 5.92 Å². The fourth-order valence-corrected chi connectivity index (χ4v) is 2.89. The molecule has 1 aliphatic heterocycles. The van der Waals surface area contributed by atoms with Gasteiger partial charge in [-0.15, -0.1) is 0 Å². The van der Waals surface area contributed by atoms with Crippen LogP contribution in [0.5, 0.6) is 0 Å². The van der Waals surface area contributed by atoms with Crippen LogP contribution < -0.4 is 5.32 Å². The Morgan fingerprint density at radius 3 is 2.50 bits per heavy atom. The SMILES string of the molecule is CNC(=O)C1CN(C(C)=O)CCN(C(=O)CCn2nccc2C)C1. The van der Waals surface area contributed by atoms with E-state index in [1.54, 1.807) is 27.7 Å². The van der Waals surface area contributed by atoms with E-state index in [-0.39, 0.29) is 17.7 Å². The highest BCUT2D eigenvalue weighted by atomic mass is 16.2. The lowest BCUT2D eigenvalue weighted by Gasteiger charge is -2.23. The number of aromatic nitrogens is 2. The maximum absolute atomic E-state index is 12.5. The van der Waals surface area contributed by atoms with Gasteiger partial charge in [-0.2, -0.15) is 5.10 Å². The maximum atomic E-state index is 12.5. The van der Waals surface area contributed by atoms with Crippen LogP contribution in [-0.2, 0) is 20.9 Å². The van der Waals surface area contributed by atoms with E-state index in [0.29, 0.717) is 39.1 Å². The van der Waals surface area contributed by atoms with E-state index in [1.807, 2.05) is 13.0 Å². The summed E-state index contributed by atoms with van der Waals surface area (Å²) in [6.45, 7) is 5.51. The first kappa shape index (κ1) is 18.0. The van der Waals surface area contributed by atoms with Gasteiger partial charge in [0, 0.05) is 65.0 Å². The summed E-state index contributed by atoms with van der Waals surface area (Å²) in [5.74, 6) is -0.657. The summed E-state index contributed by atoms with van der Waals surface area (Å²) in [6.07, 6.45) is 2.03. The molecule has 0 spiro atoms. The molecule has 0 bridgehead atoms. The third kappa shape index (κ3) is 4.33. The third-order valence-corrected chi connectivity index (χ3v) is 4.40. The first-order valence-corrected chi connectivity index (χ1v) is 8.15. The van der Waals surface area contributed by atoms with Gasteiger partial charge in [0.2, 0.25) is 17.7 Å². The number of amides is 3. The fraction of sp³-hybridized carbons (Fsp3) is 0.625. The molecule has 2 rings (SSSR count). The molecule has 2 heterocycles. The molecule has 1 aromatic rings. The number of carbonyl (C=O) groups is 3. The van der Waals surface area contributed by atoms with Crippen LogP contribution in [-0.4, -0.2) is 70.5 Å². The van der Waals surface area contributed by atoms with Crippen LogP contribution in [0.15, 0.2) is 12.3 Å². The van der Waals surface area contributed by atoms with Gasteiger partial charge < -0.3 is 15.1 Å². The second-order valence-corrected chi connectivity index (χ2v) is 6.06. The maximum Gasteiger partial charge on any atom is 0.226 e. The normalized spacial score (nSPS) is 18.2. The minimum Gasteiger partial charge on any atom is -0.359 e. The molecule has 1 aliphatic rings. The van der Waals surface area contributed by atoms with Crippen LogP contribution in [0, 0.1) is 12.8 Å². The average Bonchev–Trinajstić information content (AvgIpc) is 2.84. The number of hydrogen-bond donors (Lipinski definition) is 1. The summed E-state index contributed by atoms with van der Waals surface area (Å²) < 4.78 is 1.79. The Morgan fingerprint density at radius 1 is 1.25 bits per heavy atom. The Labute approximate surface area is 141 Å². The van der Waals surface area contributed by atoms with Crippen LogP contribution in [0.2, 0.25) is 0 Å². The van der Waals surface area contributed by atoms with Crippen LogP contribution in [0.1, 0.15) is 19.0 Å². The minimum absolute atomic E-state index is 0.0239. The summed E-state index contributed by atoms with van der Waals surface area (Å²) in [5, 5.41) is 6.79. The molecule has 0 aromatic carbocycles. The molecule has 8 nitrogen and oxygen atoms in total. The molecule has 0 saturated carbocycles. The first-order chi connectivity index (χ1) is 11.4. The topological polar surface area (TPSA) is 87.5 Å². The largest absolute Gasteiger partial charge is 0.359 e. The van der Waals surface area contributed by atoms with Crippen LogP contribution >= 0.6 is 0 Å². The molecule has 0 radical (unpaired) electrons. The Morgan fingerprint density at radius 2 is 1.92 bits per heavy atom. The first-order valence-electron chi connectivity index (χ1n) is 8.15. The molecular formula is C16H25N5O3. The number of hydrogen-bond acceptors (Lipinski definition) is 4. The second-order valence-electron chi connectivity index (χ2n) is 6.06. The van der Waals surface area contributed by atoms with Crippen molar-refractivity contribution in [3.8, 4) is 0 Å². The number of carbonyl (C=O) groups excluding carboxylic acids is 3. The smallest absolute Gasteiger partial charge is 0.226 e. The van der Waals surface area contributed by atoms with E-state index in [9.17, 15) is 14.4 Å². The molecule has 24 heavy (non-hydrogen) atoms. The molecule has 0 aliphatic carbocycles. The number of aryl methyl sites for hydroxylation is 2. The summed E-state index contributed by atoms with van der Waals surface area (Å²) in [5.41, 5.74) is 1.00. The highest BCUT2D eigenvalue weighted by Gasteiger charge is 2.30. The van der Waals surface area contributed by atoms with Crippen molar-refractivity contribution in [1.29, 1.82) is 0 Å². The van der Waals surface area contributed by atoms with Crippen molar-refractivity contribution < 1.29 is 14.4 Å². The van der Waals surface area contributed by atoms with E-state index in [1.165, 1.54) is 6.92 Å². The summed E-state index contributed by atoms with van der Waals surface area (Å²) in [4.78, 5) is 39.6. The van der Waals surface area contributed by atoms with E-state index in [4.69, 9.17) is 0 Å². The van der Waals surface area contributed by atoms with Gasteiger partial charge in [-0.25, -0.2) is 0 Å². The van der Waals surface area contributed by atoms with Crippen molar-refractivity contribution in [3.05, 3.63) is 18.0 Å². The van der Waals surface area contributed by atoms with Crippen molar-refractivity contribution in [2.45, 2.75) is 26.8 Å². The van der Waals surface area contributed by atoms with Crippen LogP contribution in [0.25, 0.3) is 0 Å². The second kappa shape index (κ2) is 7.94. The Kier molecular flexibility index (Phi) is 5.94. The van der Waals surface area contributed by atoms with Gasteiger partial charge in [0.15, 0.2) is 0 Å². The van der Waals surface area contributed by atoms with Gasteiger partial charge in [-0.3, -0.25) is 19.1 Å². The highest BCUT2D eigenvalue weighted by Crippen LogP contribution is 2.12. The zero-order valence-corrected chi connectivity index (χ0v) is 14.5. The van der Waals surface area contributed by atoms with Gasteiger partial charge in [0.05, 0.1) is 5.92 Å². The lowest BCUT2D eigenvalue weighted by atomic mass is 10.1. The van der Waals surface area contributed by atoms with E-state index >= 15 is 0 Å². The van der Waals surface area contributed by atoms with Gasteiger partial charge >= 0.3 is 0 Å². The number of nitrogens with one attached hydrogen (secondary N) is 1. The van der Waals surface area contributed by atoms with Gasteiger partial charge in [0.25, 0.3) is 0 Å². The molecule has 1 unspecified atom stereocenters. The molecule has 132 valence electrons. The van der Waals surface area contributed by atoms with Gasteiger partial charge in [-0.05, 0) is 13.0 Å². The molecule has 1 atom stereocenters. The average molecular weight is 335 g/mol. The number of rotatable bonds is 4. The Hall–Kier alpha value is -2.38. The minimum atomic E-state index is -0.406. The molecule has 8 heteroatoms. The summed E-state index contributed by atoms with van der Waals surface area (Å²) in [6, 6.07) is 1.89. The molecule has 1 fully saturated rings. The van der Waals surface area contributed by atoms with Gasteiger partial charge in [-0.1, -0.05) is 0 Å². The van der Waals surface area contributed by atoms with Crippen molar-refractivity contribution in [3.63, 3.8) is 0 Å². The van der Waals surface area contributed by atoms with E-state index in [2.05, 4.69) is 10.4 Å².